The second-order valence-corrected chi connectivity index (χ2v) is 12.3. The summed E-state index contributed by atoms with van der Waals surface area (Å²) in [4.78, 5) is 44.1. The fourth-order valence-electron chi connectivity index (χ4n) is 5.49. The van der Waals surface area contributed by atoms with Crippen molar-refractivity contribution >= 4 is 52.1 Å². The number of esters is 1. The molecule has 1 unspecified atom stereocenters. The van der Waals surface area contributed by atoms with Crippen molar-refractivity contribution < 1.29 is 19.1 Å². The van der Waals surface area contributed by atoms with E-state index in [1.54, 1.807) is 36.5 Å². The van der Waals surface area contributed by atoms with Gasteiger partial charge in [0.25, 0.3) is 11.5 Å². The van der Waals surface area contributed by atoms with Crippen LogP contribution in [0.5, 0.6) is 5.75 Å². The maximum atomic E-state index is 13.7. The molecule has 0 radical (unpaired) electrons. The van der Waals surface area contributed by atoms with Crippen LogP contribution in [0.15, 0.2) is 34.0 Å². The highest BCUT2D eigenvalue weighted by atomic mass is 32.2. The van der Waals surface area contributed by atoms with Crippen molar-refractivity contribution in [3.63, 3.8) is 0 Å². The topological polar surface area (TPSA) is 105 Å². The van der Waals surface area contributed by atoms with Crippen molar-refractivity contribution in [2.75, 3.05) is 38.3 Å². The summed E-state index contributed by atoms with van der Waals surface area (Å²) >= 11 is 6.84. The number of piperidine rings is 1. The molecule has 1 atom stereocenters. The predicted octanol–water partition coefficient (Wildman–Crippen LogP) is 5.06. The van der Waals surface area contributed by atoms with Crippen LogP contribution in [0.1, 0.15) is 61.8 Å². The molecule has 2 saturated heterocycles. The quantitative estimate of drug-likeness (QED) is 0.193. The zero-order valence-electron chi connectivity index (χ0n) is 25.2. The first-order valence-electron chi connectivity index (χ1n) is 14.7. The van der Waals surface area contributed by atoms with Gasteiger partial charge in [0.15, 0.2) is 0 Å². The van der Waals surface area contributed by atoms with Crippen LogP contribution in [0, 0.1) is 24.2 Å². The third-order valence-corrected chi connectivity index (χ3v) is 9.23. The zero-order valence-corrected chi connectivity index (χ0v) is 26.8. The molecule has 2 aliphatic heterocycles. The number of hydrogen-bond acceptors (Lipinski definition) is 9. The highest BCUT2D eigenvalue weighted by Gasteiger charge is 2.34. The molecule has 1 amide bonds. The summed E-state index contributed by atoms with van der Waals surface area (Å²) in [5.41, 5.74) is 1.90. The van der Waals surface area contributed by atoms with Crippen molar-refractivity contribution in [3.8, 4) is 11.8 Å². The molecule has 2 aromatic rings. The number of carbonyl (C=O) groups excluding carboxylic acids is 2. The van der Waals surface area contributed by atoms with E-state index in [0.29, 0.717) is 71.8 Å². The molecule has 9 nitrogen and oxygen atoms in total. The van der Waals surface area contributed by atoms with E-state index in [-0.39, 0.29) is 28.9 Å². The lowest BCUT2D eigenvalue weighted by molar-refractivity contribution is -0.148. The summed E-state index contributed by atoms with van der Waals surface area (Å²) in [7, 11) is 1.62. The lowest BCUT2D eigenvalue weighted by Gasteiger charge is -2.36. The average Bonchev–Trinajstić information content (AvgIpc) is 3.28. The number of thioether (sulfide) groups is 1. The molecule has 3 heterocycles. The van der Waals surface area contributed by atoms with Crippen molar-refractivity contribution in [2.24, 2.45) is 5.92 Å². The molecular weight excluding hydrogens is 585 g/mol. The molecular formula is C32H38N4O5S2. The lowest BCUT2D eigenvalue weighted by atomic mass is 9.96. The second kappa shape index (κ2) is 14.7. The minimum atomic E-state index is -0.356. The van der Waals surface area contributed by atoms with Gasteiger partial charge >= 0.3 is 5.97 Å². The van der Waals surface area contributed by atoms with E-state index in [1.807, 2.05) is 36.1 Å². The molecule has 1 aromatic heterocycles. The molecule has 228 valence electrons. The number of aromatic nitrogens is 1. The van der Waals surface area contributed by atoms with Gasteiger partial charge in [0.1, 0.15) is 27.5 Å². The normalized spacial score (nSPS) is 17.8. The van der Waals surface area contributed by atoms with Crippen LogP contribution in [0.4, 0.5) is 5.82 Å². The number of methoxy groups -OCH3 is 1. The highest BCUT2D eigenvalue weighted by Crippen LogP contribution is 2.37. The van der Waals surface area contributed by atoms with Gasteiger partial charge in [0.05, 0.1) is 24.5 Å². The molecule has 0 N–H and O–H groups in total. The first kappa shape index (κ1) is 32.3. The Labute approximate surface area is 262 Å². The molecule has 0 saturated carbocycles. The van der Waals surface area contributed by atoms with Crippen molar-refractivity contribution in [1.29, 1.82) is 5.26 Å². The molecule has 2 aliphatic rings. The minimum Gasteiger partial charge on any atom is -0.497 e. The fourth-order valence-corrected chi connectivity index (χ4v) is 6.78. The molecule has 1 aromatic carbocycles. The van der Waals surface area contributed by atoms with Crippen LogP contribution in [-0.4, -0.2) is 59.0 Å². The molecule has 4 rings (SSSR count). The molecule has 11 heteroatoms. The Bertz CT molecular complexity index is 1510. The monoisotopic (exact) mass is 622 g/mol. The van der Waals surface area contributed by atoms with Crippen LogP contribution in [0.2, 0.25) is 0 Å². The number of nitrogens with zero attached hydrogens (tertiary/aromatic N) is 4. The molecule has 43 heavy (non-hydrogen) atoms. The smallest absolute Gasteiger partial charge is 0.310 e. The van der Waals surface area contributed by atoms with Crippen molar-refractivity contribution in [3.05, 3.63) is 61.8 Å². The van der Waals surface area contributed by atoms with E-state index in [1.165, 1.54) is 11.8 Å². The number of unbranched alkanes of at least 4 members (excludes halogenated alkanes) is 1. The number of anilines is 1. The number of hydrogen-bond donors (Lipinski definition) is 0. The Morgan fingerprint density at radius 2 is 1.95 bits per heavy atom. The van der Waals surface area contributed by atoms with Gasteiger partial charge < -0.3 is 14.4 Å². The molecule has 0 spiro atoms. The van der Waals surface area contributed by atoms with Crippen LogP contribution in [0.25, 0.3) is 6.08 Å². The summed E-state index contributed by atoms with van der Waals surface area (Å²) in [6, 6.07) is 9.81. The van der Waals surface area contributed by atoms with E-state index in [2.05, 4.69) is 6.07 Å². The number of carbonyl (C=O) groups is 2. The summed E-state index contributed by atoms with van der Waals surface area (Å²) in [5, 5.41) is 9.99. The van der Waals surface area contributed by atoms with Gasteiger partial charge in [0, 0.05) is 31.7 Å². The summed E-state index contributed by atoms with van der Waals surface area (Å²) in [5.74, 6) is 0.611. The molecule has 0 aliphatic carbocycles. The van der Waals surface area contributed by atoms with Gasteiger partial charge in [-0.1, -0.05) is 49.5 Å². The van der Waals surface area contributed by atoms with E-state index >= 15 is 0 Å². The van der Waals surface area contributed by atoms with Crippen LogP contribution < -0.4 is 15.2 Å². The van der Waals surface area contributed by atoms with Gasteiger partial charge in [0.2, 0.25) is 0 Å². The van der Waals surface area contributed by atoms with E-state index in [0.717, 1.165) is 30.6 Å². The molecule has 0 bridgehead atoms. The summed E-state index contributed by atoms with van der Waals surface area (Å²) in [6.45, 7) is 7.75. The third kappa shape index (κ3) is 7.13. The number of ether oxygens (including phenoxy) is 2. The van der Waals surface area contributed by atoms with Crippen molar-refractivity contribution in [2.45, 2.75) is 59.4 Å². The maximum Gasteiger partial charge on any atom is 0.310 e. The van der Waals surface area contributed by atoms with Crippen LogP contribution >= 0.6 is 24.0 Å². The Morgan fingerprint density at radius 3 is 2.60 bits per heavy atom. The number of rotatable bonds is 11. The van der Waals surface area contributed by atoms with Crippen molar-refractivity contribution in [1.82, 2.24) is 9.47 Å². The SMILES string of the molecule is CCCCn1c(N2CCCC(C(=O)OCC)C2)c(/C=C2/SC(=S)N(CCc3ccc(OC)cc3)C2=O)c(C)c(C#N)c1=O. The van der Waals surface area contributed by atoms with E-state index in [9.17, 15) is 19.6 Å². The number of pyridine rings is 1. The summed E-state index contributed by atoms with van der Waals surface area (Å²) < 4.78 is 12.7. The zero-order chi connectivity index (χ0) is 31.1. The number of amides is 1. The Kier molecular flexibility index (Phi) is 11.0. The van der Waals surface area contributed by atoms with Gasteiger partial charge in [-0.3, -0.25) is 23.9 Å². The number of benzene rings is 1. The Morgan fingerprint density at radius 1 is 1.21 bits per heavy atom. The van der Waals surface area contributed by atoms with Crippen LogP contribution in [0.3, 0.4) is 0 Å². The van der Waals surface area contributed by atoms with E-state index < -0.39 is 0 Å². The first-order chi connectivity index (χ1) is 20.7. The average molecular weight is 623 g/mol. The van der Waals surface area contributed by atoms with Gasteiger partial charge in [-0.2, -0.15) is 5.26 Å². The predicted molar refractivity (Wildman–Crippen MR) is 173 cm³/mol. The first-order valence-corrected chi connectivity index (χ1v) is 15.9. The second-order valence-electron chi connectivity index (χ2n) is 10.6. The lowest BCUT2D eigenvalue weighted by Crippen LogP contribution is -2.43. The van der Waals surface area contributed by atoms with Gasteiger partial charge in [-0.25, -0.2) is 0 Å². The molecule has 2 fully saturated rings. The van der Waals surface area contributed by atoms with E-state index in [4.69, 9.17) is 21.7 Å². The highest BCUT2D eigenvalue weighted by molar-refractivity contribution is 8.26. The fraction of sp³-hybridized carbons (Fsp3) is 0.469. The largest absolute Gasteiger partial charge is 0.497 e. The maximum absolute atomic E-state index is 13.7. The Hall–Kier alpha value is -3.62. The number of thiocarbonyl (C=S) groups is 1. The van der Waals surface area contributed by atoms with Gasteiger partial charge in [-0.15, -0.1) is 0 Å². The number of nitriles is 1. The van der Waals surface area contributed by atoms with Gasteiger partial charge in [-0.05, 0) is 68.9 Å². The minimum absolute atomic E-state index is 0.0556. The van der Waals surface area contributed by atoms with Crippen LogP contribution in [-0.2, 0) is 27.3 Å². The third-order valence-electron chi connectivity index (χ3n) is 7.85. The Balaban J connectivity index is 1.74. The standard InChI is InChI=1S/C32H38N4O5S2/c1-5-7-16-35-28(34-15-8-9-23(20-34)31(39)41-6-2)25(21(3)26(19-33)29(35)37)18-27-30(38)36(32(42)43-27)17-14-22-10-12-24(40-4)13-11-22/h10-13,18,23H,5-9,14-17,20H2,1-4H3/b27-18+. The summed E-state index contributed by atoms with van der Waals surface area (Å²) in [6.07, 6.45) is 5.44.